The number of nitrogens with zero attached hydrogens (tertiary/aromatic N) is 2. The highest BCUT2D eigenvalue weighted by Crippen LogP contribution is 2.15. The standard InChI is InChI=1S/C13H25N3O2.2ClH/c1-15-7-9-16(10-8-15)13(17)18-11-4-12-2-5-14-6-3-12;;/h12,14H,2-11H2,1H3;2*1H. The number of halogens is 2. The molecule has 5 nitrogen and oxygen atoms in total. The second kappa shape index (κ2) is 10.5. The monoisotopic (exact) mass is 327 g/mol. The Morgan fingerprint density at radius 3 is 2.35 bits per heavy atom. The third kappa shape index (κ3) is 6.48. The zero-order valence-electron chi connectivity index (χ0n) is 12.2. The van der Waals surface area contributed by atoms with Crippen LogP contribution >= 0.6 is 24.8 Å². The molecule has 0 bridgehead atoms. The Labute approximate surface area is 134 Å². The Morgan fingerprint density at radius 2 is 1.75 bits per heavy atom. The molecule has 2 aliphatic rings. The molecule has 0 spiro atoms. The van der Waals surface area contributed by atoms with Crippen molar-refractivity contribution in [2.45, 2.75) is 19.3 Å². The molecule has 0 saturated carbocycles. The van der Waals surface area contributed by atoms with Crippen molar-refractivity contribution in [2.24, 2.45) is 5.92 Å². The first-order valence-electron chi connectivity index (χ1n) is 7.06. The Morgan fingerprint density at radius 1 is 1.15 bits per heavy atom. The van der Waals surface area contributed by atoms with E-state index in [9.17, 15) is 4.79 Å². The van der Waals surface area contributed by atoms with E-state index in [0.717, 1.165) is 51.6 Å². The van der Waals surface area contributed by atoms with Crippen molar-refractivity contribution in [3.63, 3.8) is 0 Å². The van der Waals surface area contributed by atoms with E-state index in [4.69, 9.17) is 4.74 Å². The second-order valence-electron chi connectivity index (χ2n) is 5.39. The third-order valence-electron chi connectivity index (χ3n) is 3.97. The minimum Gasteiger partial charge on any atom is -0.449 e. The van der Waals surface area contributed by atoms with Gasteiger partial charge in [-0.15, -0.1) is 24.8 Å². The predicted molar refractivity (Wildman–Crippen MR) is 85.1 cm³/mol. The molecule has 2 rings (SSSR count). The van der Waals surface area contributed by atoms with E-state index >= 15 is 0 Å². The molecule has 0 aromatic heterocycles. The minimum atomic E-state index is -0.128. The number of hydrogen-bond acceptors (Lipinski definition) is 4. The fourth-order valence-electron chi connectivity index (χ4n) is 2.56. The number of rotatable bonds is 3. The third-order valence-corrected chi connectivity index (χ3v) is 3.97. The molecule has 2 fully saturated rings. The molecular formula is C13H27Cl2N3O2. The maximum atomic E-state index is 11.8. The Kier molecular flexibility index (Phi) is 10.4. The van der Waals surface area contributed by atoms with Crippen LogP contribution in [0.2, 0.25) is 0 Å². The molecule has 0 radical (unpaired) electrons. The number of amides is 1. The number of ether oxygens (including phenoxy) is 1. The van der Waals surface area contributed by atoms with E-state index < -0.39 is 0 Å². The van der Waals surface area contributed by atoms with E-state index in [1.165, 1.54) is 12.8 Å². The quantitative estimate of drug-likeness (QED) is 0.855. The van der Waals surface area contributed by atoms with Crippen LogP contribution in [-0.2, 0) is 4.74 Å². The SMILES string of the molecule is CN1CCN(C(=O)OCCC2CCNCC2)CC1.Cl.Cl. The highest BCUT2D eigenvalue weighted by atomic mass is 35.5. The van der Waals surface area contributed by atoms with E-state index in [2.05, 4.69) is 17.3 Å². The minimum absolute atomic E-state index is 0. The lowest BCUT2D eigenvalue weighted by molar-refractivity contribution is 0.0765. The molecule has 2 saturated heterocycles. The van der Waals surface area contributed by atoms with Gasteiger partial charge in [-0.05, 0) is 45.3 Å². The van der Waals surface area contributed by atoms with Gasteiger partial charge in [0.2, 0.25) is 0 Å². The van der Waals surface area contributed by atoms with Gasteiger partial charge < -0.3 is 19.9 Å². The van der Waals surface area contributed by atoms with Crippen molar-refractivity contribution in [2.75, 3.05) is 52.9 Å². The lowest BCUT2D eigenvalue weighted by atomic mass is 9.95. The molecule has 2 aliphatic heterocycles. The first-order chi connectivity index (χ1) is 8.75. The van der Waals surface area contributed by atoms with Crippen LogP contribution in [0.4, 0.5) is 4.79 Å². The fourth-order valence-corrected chi connectivity index (χ4v) is 2.56. The molecule has 0 aliphatic carbocycles. The first-order valence-corrected chi connectivity index (χ1v) is 7.06. The zero-order chi connectivity index (χ0) is 12.8. The van der Waals surface area contributed by atoms with E-state index in [1.54, 1.807) is 0 Å². The van der Waals surface area contributed by atoms with Crippen LogP contribution in [0.3, 0.4) is 0 Å². The van der Waals surface area contributed by atoms with E-state index in [1.807, 2.05) is 4.90 Å². The summed E-state index contributed by atoms with van der Waals surface area (Å²) in [7, 11) is 2.08. The largest absolute Gasteiger partial charge is 0.449 e. The molecule has 0 atom stereocenters. The van der Waals surface area contributed by atoms with Gasteiger partial charge in [0.1, 0.15) is 0 Å². The summed E-state index contributed by atoms with van der Waals surface area (Å²) in [5.41, 5.74) is 0. The molecule has 1 amide bonds. The molecule has 20 heavy (non-hydrogen) atoms. The van der Waals surface area contributed by atoms with Crippen molar-refractivity contribution in [3.05, 3.63) is 0 Å². The van der Waals surface area contributed by atoms with Gasteiger partial charge in [0.15, 0.2) is 0 Å². The fraction of sp³-hybridized carbons (Fsp3) is 0.923. The molecule has 120 valence electrons. The smallest absolute Gasteiger partial charge is 0.409 e. The van der Waals surface area contributed by atoms with Crippen LogP contribution in [0, 0.1) is 5.92 Å². The summed E-state index contributed by atoms with van der Waals surface area (Å²) < 4.78 is 5.37. The Hall–Kier alpha value is -0.230. The van der Waals surface area contributed by atoms with Crippen molar-refractivity contribution >= 4 is 30.9 Å². The number of hydrogen-bond donors (Lipinski definition) is 1. The summed E-state index contributed by atoms with van der Waals surface area (Å²) >= 11 is 0. The molecule has 0 unspecified atom stereocenters. The highest BCUT2D eigenvalue weighted by Gasteiger charge is 2.20. The number of carbonyl (C=O) groups is 1. The molecule has 0 aromatic carbocycles. The second-order valence-corrected chi connectivity index (χ2v) is 5.39. The van der Waals surface area contributed by atoms with Gasteiger partial charge in [-0.2, -0.15) is 0 Å². The summed E-state index contributed by atoms with van der Waals surface area (Å²) in [6.07, 6.45) is 3.32. The summed E-state index contributed by atoms with van der Waals surface area (Å²) in [5, 5.41) is 3.35. The van der Waals surface area contributed by atoms with Crippen molar-refractivity contribution in [3.8, 4) is 0 Å². The van der Waals surface area contributed by atoms with Crippen LogP contribution in [0.25, 0.3) is 0 Å². The lowest BCUT2D eigenvalue weighted by Gasteiger charge is -2.31. The van der Waals surface area contributed by atoms with Crippen LogP contribution < -0.4 is 5.32 Å². The normalized spacial score (nSPS) is 20.8. The number of nitrogens with one attached hydrogen (secondary N) is 1. The molecular weight excluding hydrogens is 301 g/mol. The molecule has 0 aromatic rings. The lowest BCUT2D eigenvalue weighted by Crippen LogP contribution is -2.47. The average Bonchev–Trinajstić information content (AvgIpc) is 2.40. The Bertz CT molecular complexity index is 268. The topological polar surface area (TPSA) is 44.8 Å². The van der Waals surface area contributed by atoms with Gasteiger partial charge in [0.25, 0.3) is 0 Å². The molecule has 7 heteroatoms. The number of carbonyl (C=O) groups excluding carboxylic acids is 1. The summed E-state index contributed by atoms with van der Waals surface area (Å²) in [6, 6.07) is 0. The maximum Gasteiger partial charge on any atom is 0.409 e. The average molecular weight is 328 g/mol. The van der Waals surface area contributed by atoms with Crippen molar-refractivity contribution in [1.29, 1.82) is 0 Å². The van der Waals surface area contributed by atoms with Gasteiger partial charge in [-0.25, -0.2) is 4.79 Å². The van der Waals surface area contributed by atoms with Gasteiger partial charge in [-0.3, -0.25) is 0 Å². The first kappa shape index (κ1) is 19.8. The van der Waals surface area contributed by atoms with Crippen LogP contribution in [0.5, 0.6) is 0 Å². The van der Waals surface area contributed by atoms with E-state index in [0.29, 0.717) is 6.61 Å². The number of piperazine rings is 1. The molecule has 1 N–H and O–H groups in total. The summed E-state index contributed by atoms with van der Waals surface area (Å²) in [6.45, 7) is 6.28. The van der Waals surface area contributed by atoms with Crippen LogP contribution in [0.15, 0.2) is 0 Å². The number of piperidine rings is 1. The predicted octanol–water partition coefficient (Wildman–Crippen LogP) is 1.60. The van der Waals surface area contributed by atoms with Crippen molar-refractivity contribution < 1.29 is 9.53 Å². The zero-order valence-corrected chi connectivity index (χ0v) is 13.8. The maximum absolute atomic E-state index is 11.8. The Balaban J connectivity index is 0.00000180. The van der Waals surface area contributed by atoms with Gasteiger partial charge in [0, 0.05) is 26.2 Å². The van der Waals surface area contributed by atoms with Crippen LogP contribution in [0.1, 0.15) is 19.3 Å². The van der Waals surface area contributed by atoms with Crippen LogP contribution in [-0.4, -0.2) is 68.8 Å². The van der Waals surface area contributed by atoms with Gasteiger partial charge in [-0.1, -0.05) is 0 Å². The summed E-state index contributed by atoms with van der Waals surface area (Å²) in [5.74, 6) is 0.728. The van der Waals surface area contributed by atoms with Crippen molar-refractivity contribution in [1.82, 2.24) is 15.1 Å². The van der Waals surface area contributed by atoms with Gasteiger partial charge in [0.05, 0.1) is 6.61 Å². The van der Waals surface area contributed by atoms with E-state index in [-0.39, 0.29) is 30.9 Å². The summed E-state index contributed by atoms with van der Waals surface area (Å²) in [4.78, 5) is 15.9. The highest BCUT2D eigenvalue weighted by molar-refractivity contribution is 5.85. The number of likely N-dealkylation sites (N-methyl/N-ethyl adjacent to an activating group) is 1. The molecule has 2 heterocycles. The van der Waals surface area contributed by atoms with Gasteiger partial charge >= 0.3 is 6.09 Å².